The van der Waals surface area contributed by atoms with Gasteiger partial charge in [-0.2, -0.15) is 0 Å². The maximum absolute atomic E-state index is 11.9. The first-order valence-electron chi connectivity index (χ1n) is 8.16. The molecule has 7 nitrogen and oxygen atoms in total. The number of nitrogens with one attached hydrogen (secondary N) is 1. The Bertz CT molecular complexity index is 849. The van der Waals surface area contributed by atoms with E-state index >= 15 is 0 Å². The molecule has 3 rings (SSSR count). The zero-order valence-corrected chi connectivity index (χ0v) is 14.3. The third kappa shape index (κ3) is 4.83. The van der Waals surface area contributed by atoms with Crippen molar-refractivity contribution in [1.82, 2.24) is 15.5 Å². The van der Waals surface area contributed by atoms with Crippen LogP contribution in [0.5, 0.6) is 11.5 Å². The Morgan fingerprint density at radius 2 is 1.88 bits per heavy atom. The lowest BCUT2D eigenvalue weighted by atomic mass is 10.2. The Morgan fingerprint density at radius 1 is 1.08 bits per heavy atom. The number of carbonyl (C=O) groups is 1. The van der Waals surface area contributed by atoms with Crippen LogP contribution in [0.25, 0.3) is 11.5 Å². The number of ether oxygens (including phenoxy) is 2. The summed E-state index contributed by atoms with van der Waals surface area (Å²) in [6.07, 6.45) is 0.242. The van der Waals surface area contributed by atoms with Gasteiger partial charge in [0.25, 0.3) is 0 Å². The van der Waals surface area contributed by atoms with Crippen molar-refractivity contribution in [1.29, 1.82) is 0 Å². The van der Waals surface area contributed by atoms with Crippen molar-refractivity contribution >= 4 is 5.91 Å². The molecule has 1 aromatic heterocycles. The SMILES string of the molecule is COc1cccc(-c2nnc(CNC(=O)CCOc3ccccc3)o2)c1. The highest BCUT2D eigenvalue weighted by molar-refractivity contribution is 5.75. The molecule has 0 aliphatic heterocycles. The summed E-state index contributed by atoms with van der Waals surface area (Å²) in [6, 6.07) is 16.7. The van der Waals surface area contributed by atoms with Crippen LogP contribution in [0, 0.1) is 0 Å². The van der Waals surface area contributed by atoms with Crippen LogP contribution in [0.15, 0.2) is 59.0 Å². The molecule has 1 amide bonds. The van der Waals surface area contributed by atoms with E-state index in [0.717, 1.165) is 11.3 Å². The molecule has 0 radical (unpaired) electrons. The van der Waals surface area contributed by atoms with Gasteiger partial charge >= 0.3 is 0 Å². The van der Waals surface area contributed by atoms with Crippen molar-refractivity contribution in [3.63, 3.8) is 0 Å². The Balaban J connectivity index is 1.46. The lowest BCUT2D eigenvalue weighted by molar-refractivity contribution is -0.121. The first-order valence-corrected chi connectivity index (χ1v) is 8.16. The molecule has 2 aromatic carbocycles. The molecule has 134 valence electrons. The summed E-state index contributed by atoms with van der Waals surface area (Å²) >= 11 is 0. The Labute approximate surface area is 151 Å². The van der Waals surface area contributed by atoms with Crippen LogP contribution >= 0.6 is 0 Å². The molecule has 0 aliphatic rings. The van der Waals surface area contributed by atoms with E-state index in [-0.39, 0.29) is 18.9 Å². The number of para-hydroxylation sites is 1. The van der Waals surface area contributed by atoms with Gasteiger partial charge in [0.05, 0.1) is 26.7 Å². The standard InChI is InChI=1S/C19H19N3O4/c1-24-16-9-5-6-14(12-16)19-22-21-18(26-19)13-20-17(23)10-11-25-15-7-3-2-4-8-15/h2-9,12H,10-11,13H2,1H3,(H,20,23). The van der Waals surface area contributed by atoms with Crippen LogP contribution in [-0.4, -0.2) is 29.8 Å². The highest BCUT2D eigenvalue weighted by Gasteiger charge is 2.10. The van der Waals surface area contributed by atoms with Gasteiger partial charge in [-0.25, -0.2) is 0 Å². The lowest BCUT2D eigenvalue weighted by Gasteiger charge is -2.05. The van der Waals surface area contributed by atoms with Gasteiger partial charge in [0.2, 0.25) is 17.7 Å². The van der Waals surface area contributed by atoms with Gasteiger partial charge in [0, 0.05) is 5.56 Å². The zero-order valence-electron chi connectivity index (χ0n) is 14.3. The highest BCUT2D eigenvalue weighted by Crippen LogP contribution is 2.22. The molecule has 0 atom stereocenters. The first-order chi connectivity index (χ1) is 12.7. The van der Waals surface area contributed by atoms with E-state index in [1.807, 2.05) is 48.5 Å². The predicted octanol–water partition coefficient (Wildman–Crippen LogP) is 2.83. The summed E-state index contributed by atoms with van der Waals surface area (Å²) in [4.78, 5) is 11.9. The maximum atomic E-state index is 11.9. The van der Waals surface area contributed by atoms with Crippen molar-refractivity contribution < 1.29 is 18.7 Å². The van der Waals surface area contributed by atoms with Gasteiger partial charge in [0.15, 0.2) is 0 Å². The van der Waals surface area contributed by atoms with Crippen molar-refractivity contribution in [3.8, 4) is 23.0 Å². The Morgan fingerprint density at radius 3 is 2.69 bits per heavy atom. The summed E-state index contributed by atoms with van der Waals surface area (Å²) in [7, 11) is 1.59. The minimum Gasteiger partial charge on any atom is -0.497 e. The minimum atomic E-state index is -0.151. The van der Waals surface area contributed by atoms with Gasteiger partial charge in [-0.05, 0) is 30.3 Å². The third-order valence-corrected chi connectivity index (χ3v) is 3.56. The van der Waals surface area contributed by atoms with E-state index in [4.69, 9.17) is 13.9 Å². The molecule has 0 bridgehead atoms. The normalized spacial score (nSPS) is 10.3. The van der Waals surface area contributed by atoms with Gasteiger partial charge in [-0.3, -0.25) is 4.79 Å². The number of nitrogens with zero attached hydrogens (tertiary/aromatic N) is 2. The van der Waals surface area contributed by atoms with Crippen LogP contribution in [0.2, 0.25) is 0 Å². The second kappa shape index (κ2) is 8.66. The molecule has 1 heterocycles. The quantitative estimate of drug-likeness (QED) is 0.670. The predicted molar refractivity (Wildman–Crippen MR) is 94.7 cm³/mol. The smallest absolute Gasteiger partial charge is 0.247 e. The van der Waals surface area contributed by atoms with Crippen LogP contribution in [0.1, 0.15) is 12.3 Å². The fraction of sp³-hybridized carbons (Fsp3) is 0.211. The molecule has 0 spiro atoms. The number of methoxy groups -OCH3 is 1. The van der Waals surface area contributed by atoms with Crippen LogP contribution in [0.3, 0.4) is 0 Å². The summed E-state index contributed by atoms with van der Waals surface area (Å²) < 4.78 is 16.2. The van der Waals surface area contributed by atoms with E-state index in [1.54, 1.807) is 13.2 Å². The largest absolute Gasteiger partial charge is 0.497 e. The molecule has 0 saturated carbocycles. The summed E-state index contributed by atoms with van der Waals surface area (Å²) in [5, 5.41) is 10.7. The molecule has 0 saturated heterocycles. The van der Waals surface area contributed by atoms with Gasteiger partial charge in [0.1, 0.15) is 11.5 Å². The maximum Gasteiger partial charge on any atom is 0.247 e. The summed E-state index contributed by atoms with van der Waals surface area (Å²) in [6.45, 7) is 0.468. The zero-order chi connectivity index (χ0) is 18.2. The number of hydrogen-bond acceptors (Lipinski definition) is 6. The molecule has 0 fully saturated rings. The molecule has 3 aromatic rings. The Kier molecular flexibility index (Phi) is 5.82. The second-order valence-corrected chi connectivity index (χ2v) is 5.42. The number of hydrogen-bond donors (Lipinski definition) is 1. The van der Waals surface area contributed by atoms with Gasteiger partial charge in [-0.1, -0.05) is 24.3 Å². The van der Waals surface area contributed by atoms with Crippen LogP contribution in [0.4, 0.5) is 0 Å². The van der Waals surface area contributed by atoms with Crippen molar-refractivity contribution in [2.24, 2.45) is 0 Å². The van der Waals surface area contributed by atoms with Crippen molar-refractivity contribution in [3.05, 3.63) is 60.5 Å². The fourth-order valence-corrected chi connectivity index (χ4v) is 2.24. The summed E-state index contributed by atoms with van der Waals surface area (Å²) in [5.41, 5.74) is 0.755. The monoisotopic (exact) mass is 353 g/mol. The average Bonchev–Trinajstić information content (AvgIpc) is 3.16. The number of benzene rings is 2. The topological polar surface area (TPSA) is 86.5 Å². The lowest BCUT2D eigenvalue weighted by Crippen LogP contribution is -2.24. The van der Waals surface area contributed by atoms with Crippen molar-refractivity contribution in [2.45, 2.75) is 13.0 Å². The molecular weight excluding hydrogens is 334 g/mol. The fourth-order valence-electron chi connectivity index (χ4n) is 2.24. The third-order valence-electron chi connectivity index (χ3n) is 3.56. The molecular formula is C19H19N3O4. The highest BCUT2D eigenvalue weighted by atomic mass is 16.5. The molecule has 1 N–H and O–H groups in total. The first kappa shape index (κ1) is 17.5. The van der Waals surface area contributed by atoms with Gasteiger partial charge < -0.3 is 19.2 Å². The van der Waals surface area contributed by atoms with Crippen molar-refractivity contribution in [2.75, 3.05) is 13.7 Å². The average molecular weight is 353 g/mol. The molecule has 0 unspecified atom stereocenters. The number of rotatable bonds is 8. The van der Waals surface area contributed by atoms with Crippen LogP contribution in [-0.2, 0) is 11.3 Å². The van der Waals surface area contributed by atoms with E-state index in [9.17, 15) is 4.79 Å². The molecule has 0 aliphatic carbocycles. The molecule has 7 heteroatoms. The van der Waals surface area contributed by atoms with Crippen LogP contribution < -0.4 is 14.8 Å². The van der Waals surface area contributed by atoms with E-state index < -0.39 is 0 Å². The van der Waals surface area contributed by atoms with E-state index in [2.05, 4.69) is 15.5 Å². The Hall–Kier alpha value is -3.35. The number of carbonyl (C=O) groups excluding carboxylic acids is 1. The van der Waals surface area contributed by atoms with E-state index in [1.165, 1.54) is 0 Å². The minimum absolute atomic E-state index is 0.151. The second-order valence-electron chi connectivity index (χ2n) is 5.42. The number of aromatic nitrogens is 2. The summed E-state index contributed by atoms with van der Waals surface area (Å²) in [5.74, 6) is 2.00. The van der Waals surface area contributed by atoms with E-state index in [0.29, 0.717) is 24.1 Å². The number of amides is 1. The molecule has 26 heavy (non-hydrogen) atoms. The van der Waals surface area contributed by atoms with Gasteiger partial charge in [-0.15, -0.1) is 10.2 Å².